The second-order valence-corrected chi connectivity index (χ2v) is 7.03. The highest BCUT2D eigenvalue weighted by molar-refractivity contribution is 7.98. The molecule has 0 aliphatic carbocycles. The lowest BCUT2D eigenvalue weighted by atomic mass is 10.1. The molecule has 1 amide bonds. The standard InChI is InChI=1S/C19H19ClN4OS/c1-23(2)17-8-7-14(12-16(17)20)22-18(25)13-5-4-6-15(11-13)24-10-9-21-19(24)26-3/h4-12H,1-3H3,(H,22,25). The molecule has 0 radical (unpaired) electrons. The van der Waals surface area contributed by atoms with Crippen molar-refractivity contribution in [2.24, 2.45) is 0 Å². The summed E-state index contributed by atoms with van der Waals surface area (Å²) in [6.45, 7) is 0. The molecular formula is C19H19ClN4OS. The Kier molecular flexibility index (Phi) is 5.54. The number of rotatable bonds is 5. The molecule has 0 atom stereocenters. The average Bonchev–Trinajstić information content (AvgIpc) is 3.10. The molecule has 1 N–H and O–H groups in total. The molecule has 0 aliphatic heterocycles. The van der Waals surface area contributed by atoms with Crippen LogP contribution in [0.2, 0.25) is 5.02 Å². The van der Waals surface area contributed by atoms with Crippen molar-refractivity contribution in [3.63, 3.8) is 0 Å². The summed E-state index contributed by atoms with van der Waals surface area (Å²) >= 11 is 7.83. The van der Waals surface area contributed by atoms with Crippen molar-refractivity contribution in [1.82, 2.24) is 9.55 Å². The summed E-state index contributed by atoms with van der Waals surface area (Å²) in [7, 11) is 3.84. The first-order valence-corrected chi connectivity index (χ1v) is 9.56. The first-order chi connectivity index (χ1) is 12.5. The third-order valence-electron chi connectivity index (χ3n) is 3.86. The van der Waals surface area contributed by atoms with Crippen molar-refractivity contribution in [3.8, 4) is 5.69 Å². The minimum atomic E-state index is -0.189. The number of anilines is 2. The van der Waals surface area contributed by atoms with Crippen LogP contribution in [0.1, 0.15) is 10.4 Å². The van der Waals surface area contributed by atoms with Gasteiger partial charge in [0.1, 0.15) is 0 Å². The predicted molar refractivity (Wildman–Crippen MR) is 109 cm³/mol. The number of halogens is 1. The fourth-order valence-electron chi connectivity index (χ4n) is 2.58. The number of carbonyl (C=O) groups excluding carboxylic acids is 1. The lowest BCUT2D eigenvalue weighted by molar-refractivity contribution is 0.102. The smallest absolute Gasteiger partial charge is 0.255 e. The van der Waals surface area contributed by atoms with Crippen LogP contribution in [0.3, 0.4) is 0 Å². The van der Waals surface area contributed by atoms with Crippen LogP contribution in [-0.2, 0) is 0 Å². The number of nitrogens with zero attached hydrogens (tertiary/aromatic N) is 3. The van der Waals surface area contributed by atoms with E-state index in [1.165, 1.54) is 0 Å². The number of thioether (sulfide) groups is 1. The van der Waals surface area contributed by atoms with E-state index in [-0.39, 0.29) is 5.91 Å². The maximum Gasteiger partial charge on any atom is 0.255 e. The van der Waals surface area contributed by atoms with Crippen LogP contribution in [0.15, 0.2) is 60.0 Å². The molecule has 0 unspecified atom stereocenters. The zero-order valence-corrected chi connectivity index (χ0v) is 16.3. The zero-order chi connectivity index (χ0) is 18.7. The van der Waals surface area contributed by atoms with E-state index in [0.717, 1.165) is 16.5 Å². The summed E-state index contributed by atoms with van der Waals surface area (Å²) in [6, 6.07) is 12.9. The summed E-state index contributed by atoms with van der Waals surface area (Å²) < 4.78 is 1.95. The van der Waals surface area contributed by atoms with E-state index in [0.29, 0.717) is 16.3 Å². The van der Waals surface area contributed by atoms with Gasteiger partial charge in [0.25, 0.3) is 5.91 Å². The average molecular weight is 387 g/mol. The van der Waals surface area contributed by atoms with Gasteiger partial charge >= 0.3 is 0 Å². The molecule has 134 valence electrons. The minimum Gasteiger partial charge on any atom is -0.376 e. The molecule has 0 fully saturated rings. The molecule has 1 heterocycles. The molecule has 3 rings (SSSR count). The summed E-state index contributed by atoms with van der Waals surface area (Å²) in [5.41, 5.74) is 3.01. The Morgan fingerprint density at radius 1 is 1.23 bits per heavy atom. The molecule has 5 nitrogen and oxygen atoms in total. The van der Waals surface area contributed by atoms with Crippen LogP contribution < -0.4 is 10.2 Å². The van der Waals surface area contributed by atoms with Crippen LogP contribution in [0, 0.1) is 0 Å². The van der Waals surface area contributed by atoms with E-state index >= 15 is 0 Å². The number of nitrogens with one attached hydrogen (secondary N) is 1. The SMILES string of the molecule is CSc1nccn1-c1cccc(C(=O)Nc2ccc(N(C)C)c(Cl)c2)c1. The second kappa shape index (κ2) is 7.85. The highest BCUT2D eigenvalue weighted by Gasteiger charge is 2.11. The number of carbonyl (C=O) groups is 1. The number of aromatic nitrogens is 2. The van der Waals surface area contributed by atoms with Gasteiger partial charge in [-0.05, 0) is 42.7 Å². The number of imidazole rings is 1. The van der Waals surface area contributed by atoms with Crippen molar-refractivity contribution in [2.45, 2.75) is 5.16 Å². The molecule has 0 bridgehead atoms. The molecular weight excluding hydrogens is 368 g/mol. The Morgan fingerprint density at radius 2 is 2.04 bits per heavy atom. The maximum absolute atomic E-state index is 12.6. The fraction of sp³-hybridized carbons (Fsp3) is 0.158. The third-order valence-corrected chi connectivity index (χ3v) is 4.83. The first-order valence-electron chi connectivity index (χ1n) is 7.95. The van der Waals surface area contributed by atoms with E-state index in [9.17, 15) is 4.79 Å². The van der Waals surface area contributed by atoms with Gasteiger partial charge in [0.2, 0.25) is 0 Å². The van der Waals surface area contributed by atoms with Gasteiger partial charge in [0.05, 0.1) is 10.7 Å². The number of amides is 1. The number of hydrogen-bond donors (Lipinski definition) is 1. The summed E-state index contributed by atoms with van der Waals surface area (Å²) in [5, 5.41) is 4.35. The van der Waals surface area contributed by atoms with Crippen LogP contribution >= 0.6 is 23.4 Å². The van der Waals surface area contributed by atoms with Crippen LogP contribution in [0.4, 0.5) is 11.4 Å². The summed E-state index contributed by atoms with van der Waals surface area (Å²) in [6.07, 6.45) is 5.59. The Balaban J connectivity index is 1.83. The van der Waals surface area contributed by atoms with Crippen molar-refractivity contribution in [3.05, 3.63) is 65.4 Å². The van der Waals surface area contributed by atoms with Gasteiger partial charge < -0.3 is 10.2 Å². The van der Waals surface area contributed by atoms with E-state index in [1.54, 1.807) is 30.1 Å². The van der Waals surface area contributed by atoms with Gasteiger partial charge in [0, 0.05) is 43.4 Å². The molecule has 0 saturated carbocycles. The molecule has 3 aromatic rings. The fourth-order valence-corrected chi connectivity index (χ4v) is 3.46. The van der Waals surface area contributed by atoms with E-state index in [4.69, 9.17) is 11.6 Å². The topological polar surface area (TPSA) is 50.2 Å². The van der Waals surface area contributed by atoms with Crippen LogP contribution in [-0.4, -0.2) is 35.8 Å². The maximum atomic E-state index is 12.6. The van der Waals surface area contributed by atoms with Gasteiger partial charge in [-0.2, -0.15) is 0 Å². The van der Waals surface area contributed by atoms with Gasteiger partial charge in [-0.25, -0.2) is 4.98 Å². The minimum absolute atomic E-state index is 0.189. The number of hydrogen-bond acceptors (Lipinski definition) is 4. The quantitative estimate of drug-likeness (QED) is 0.653. The van der Waals surface area contributed by atoms with E-state index < -0.39 is 0 Å². The first kappa shape index (κ1) is 18.4. The lowest BCUT2D eigenvalue weighted by Crippen LogP contribution is -2.13. The van der Waals surface area contributed by atoms with Gasteiger partial charge in [-0.15, -0.1) is 0 Å². The van der Waals surface area contributed by atoms with Crippen molar-refractivity contribution >= 4 is 40.6 Å². The van der Waals surface area contributed by atoms with Crippen LogP contribution in [0.5, 0.6) is 0 Å². The lowest BCUT2D eigenvalue weighted by Gasteiger charge is -2.15. The number of benzene rings is 2. The molecule has 0 saturated heterocycles. The van der Waals surface area contributed by atoms with Crippen molar-refractivity contribution in [1.29, 1.82) is 0 Å². The highest BCUT2D eigenvalue weighted by atomic mass is 35.5. The molecule has 2 aromatic carbocycles. The second-order valence-electron chi connectivity index (χ2n) is 5.85. The Bertz CT molecular complexity index is 939. The molecule has 0 aliphatic rings. The Hall–Kier alpha value is -2.44. The van der Waals surface area contributed by atoms with Crippen molar-refractivity contribution < 1.29 is 4.79 Å². The summed E-state index contributed by atoms with van der Waals surface area (Å²) in [4.78, 5) is 18.8. The normalized spacial score (nSPS) is 10.6. The third kappa shape index (κ3) is 3.86. The van der Waals surface area contributed by atoms with Crippen molar-refractivity contribution in [2.75, 3.05) is 30.6 Å². The van der Waals surface area contributed by atoms with Gasteiger partial charge in [0.15, 0.2) is 5.16 Å². The van der Waals surface area contributed by atoms with E-state index in [1.807, 2.05) is 66.3 Å². The molecule has 26 heavy (non-hydrogen) atoms. The summed E-state index contributed by atoms with van der Waals surface area (Å²) in [5.74, 6) is -0.189. The molecule has 1 aromatic heterocycles. The van der Waals surface area contributed by atoms with Crippen LogP contribution in [0.25, 0.3) is 5.69 Å². The predicted octanol–water partition coefficient (Wildman–Crippen LogP) is 4.57. The monoisotopic (exact) mass is 386 g/mol. The van der Waals surface area contributed by atoms with Gasteiger partial charge in [-0.3, -0.25) is 9.36 Å². The Labute approximate surface area is 162 Å². The highest BCUT2D eigenvalue weighted by Crippen LogP contribution is 2.27. The zero-order valence-electron chi connectivity index (χ0n) is 14.7. The Morgan fingerprint density at radius 3 is 2.73 bits per heavy atom. The van der Waals surface area contributed by atoms with E-state index in [2.05, 4.69) is 10.3 Å². The largest absolute Gasteiger partial charge is 0.376 e. The molecule has 0 spiro atoms. The molecule has 7 heteroatoms. The van der Waals surface area contributed by atoms with Gasteiger partial charge in [-0.1, -0.05) is 29.4 Å².